The minimum atomic E-state index is -1.16. The van der Waals surface area contributed by atoms with Crippen LogP contribution in [-0.4, -0.2) is 84.9 Å². The third-order valence-electron chi connectivity index (χ3n) is 14.5. The highest BCUT2D eigenvalue weighted by atomic mass is 16.5. The first kappa shape index (κ1) is 41.3. The lowest BCUT2D eigenvalue weighted by Crippen LogP contribution is -2.46. The van der Waals surface area contributed by atoms with Gasteiger partial charge in [0.15, 0.2) is 11.5 Å². The largest absolute Gasteiger partial charge is 0.508 e. The number of allylic oxidation sites excluding steroid dienone is 1. The molecule has 3 aliphatic carbocycles. The van der Waals surface area contributed by atoms with E-state index in [1.54, 1.807) is 42.9 Å². The smallest absolute Gasteiger partial charge is 0.278 e. The molecule has 5 atom stereocenters. The van der Waals surface area contributed by atoms with Crippen molar-refractivity contribution < 1.29 is 14.9 Å². The Bertz CT molecular complexity index is 2410. The van der Waals surface area contributed by atoms with Gasteiger partial charge >= 0.3 is 0 Å². The van der Waals surface area contributed by atoms with Gasteiger partial charge in [0, 0.05) is 50.4 Å². The van der Waals surface area contributed by atoms with Crippen LogP contribution in [0, 0.1) is 17.3 Å². The monoisotopic (exact) mass is 826 g/mol. The van der Waals surface area contributed by atoms with Crippen LogP contribution < -0.4 is 15.8 Å². The summed E-state index contributed by atoms with van der Waals surface area (Å²) < 4.78 is 9.90. The number of aliphatic hydroxyl groups is 1. The predicted octanol–water partition coefficient (Wildman–Crippen LogP) is 8.07. The van der Waals surface area contributed by atoms with E-state index in [0.717, 1.165) is 69.7 Å². The molecule has 12 heteroatoms. The first-order valence-corrected chi connectivity index (χ1v) is 22.6. The minimum Gasteiger partial charge on any atom is -0.508 e. The van der Waals surface area contributed by atoms with Gasteiger partial charge in [-0.25, -0.2) is 19.3 Å². The Hall–Kier alpha value is -5.04. The second-order valence-corrected chi connectivity index (χ2v) is 18.7. The van der Waals surface area contributed by atoms with E-state index in [9.17, 15) is 15.0 Å². The maximum absolute atomic E-state index is 13.4. The third kappa shape index (κ3) is 8.22. The van der Waals surface area contributed by atoms with Gasteiger partial charge in [-0.15, -0.1) is 6.58 Å². The Morgan fingerprint density at radius 2 is 1.80 bits per heavy atom. The first-order valence-electron chi connectivity index (χ1n) is 22.6. The number of piperazine rings is 1. The summed E-state index contributed by atoms with van der Waals surface area (Å²) in [4.78, 5) is 32.4. The number of nitrogens with zero attached hydrogens (tertiary/aromatic N) is 7. The molecule has 0 spiro atoms. The molecule has 4 heterocycles. The number of aryl methyl sites for hydroxylation is 1. The fraction of sp³-hybridized carbons (Fsp3) is 0.510. The van der Waals surface area contributed by atoms with Crippen LogP contribution in [0.5, 0.6) is 5.75 Å². The van der Waals surface area contributed by atoms with E-state index in [1.807, 2.05) is 30.3 Å². The van der Waals surface area contributed by atoms with Gasteiger partial charge in [-0.3, -0.25) is 9.69 Å². The van der Waals surface area contributed by atoms with Crippen molar-refractivity contribution in [3.8, 4) is 11.6 Å². The number of aromatic nitrogens is 5. The van der Waals surface area contributed by atoms with Gasteiger partial charge in [0.2, 0.25) is 5.95 Å². The fourth-order valence-corrected chi connectivity index (χ4v) is 11.2. The van der Waals surface area contributed by atoms with Crippen molar-refractivity contribution in [2.75, 3.05) is 49.5 Å². The molecular weight excluding hydrogens is 765 g/mol. The zero-order valence-electron chi connectivity index (χ0n) is 36.1. The topological polar surface area (TPSA) is 134 Å². The average molecular weight is 827 g/mol. The maximum Gasteiger partial charge on any atom is 0.278 e. The van der Waals surface area contributed by atoms with Crippen LogP contribution in [0.3, 0.4) is 0 Å². The summed E-state index contributed by atoms with van der Waals surface area (Å²) in [6, 6.07) is 19.8. The van der Waals surface area contributed by atoms with E-state index < -0.39 is 5.60 Å². The SMILES string of the molecule is C=CCn1c(=O)c2cnc(Nc3ccc(N4CCN(CCCCCO[C@H]5CC[C@H]6[C@@H]7CCc8cc(O)ccc8[C@H]7CC[C@]56C)CC4)cc3)nc2n1-c1cccc(C(C)(C)O)n1. The highest BCUT2D eigenvalue weighted by Gasteiger charge is 2.55. The van der Waals surface area contributed by atoms with Crippen molar-refractivity contribution in [1.82, 2.24) is 29.2 Å². The normalized spacial score (nSPS) is 24.0. The highest BCUT2D eigenvalue weighted by molar-refractivity contribution is 5.77. The fourth-order valence-electron chi connectivity index (χ4n) is 11.2. The molecular formula is C49H62N8O4. The Kier molecular flexibility index (Phi) is 11.5. The number of hydrogen-bond donors (Lipinski definition) is 3. The molecule has 61 heavy (non-hydrogen) atoms. The van der Waals surface area contributed by atoms with Crippen LogP contribution in [0.1, 0.15) is 94.9 Å². The summed E-state index contributed by atoms with van der Waals surface area (Å²) in [5.74, 6) is 3.39. The molecule has 1 aliphatic heterocycles. The molecule has 1 saturated heterocycles. The first-order chi connectivity index (χ1) is 29.5. The van der Waals surface area contributed by atoms with E-state index in [0.29, 0.717) is 51.7 Å². The number of ether oxygens (including phenoxy) is 1. The predicted molar refractivity (Wildman–Crippen MR) is 241 cm³/mol. The van der Waals surface area contributed by atoms with Gasteiger partial charge in [-0.05, 0) is 161 Å². The van der Waals surface area contributed by atoms with Gasteiger partial charge in [0.25, 0.3) is 5.56 Å². The Balaban J connectivity index is 0.729. The summed E-state index contributed by atoms with van der Waals surface area (Å²) in [7, 11) is 0. The van der Waals surface area contributed by atoms with E-state index in [1.165, 1.54) is 66.4 Å². The van der Waals surface area contributed by atoms with Gasteiger partial charge < -0.3 is 25.2 Å². The van der Waals surface area contributed by atoms with Crippen molar-refractivity contribution >= 4 is 28.4 Å². The highest BCUT2D eigenvalue weighted by Crippen LogP contribution is 2.61. The molecule has 322 valence electrons. The third-order valence-corrected chi connectivity index (χ3v) is 14.5. The molecule has 0 radical (unpaired) electrons. The van der Waals surface area contributed by atoms with Gasteiger partial charge in [-0.1, -0.05) is 25.1 Å². The summed E-state index contributed by atoms with van der Waals surface area (Å²) in [6.45, 7) is 16.1. The number of nitrogens with one attached hydrogen (secondary N) is 1. The van der Waals surface area contributed by atoms with E-state index >= 15 is 0 Å². The van der Waals surface area contributed by atoms with Crippen molar-refractivity contribution in [3.63, 3.8) is 0 Å². The lowest BCUT2D eigenvalue weighted by atomic mass is 9.55. The molecule has 0 bridgehead atoms. The number of benzene rings is 2. The van der Waals surface area contributed by atoms with Crippen LogP contribution in [0.15, 0.2) is 84.3 Å². The number of hydrogen-bond acceptors (Lipinski definition) is 10. The number of phenols is 1. The van der Waals surface area contributed by atoms with Crippen molar-refractivity contribution in [2.24, 2.45) is 17.3 Å². The van der Waals surface area contributed by atoms with E-state index in [2.05, 4.69) is 56.8 Å². The molecule has 0 unspecified atom stereocenters. The molecule has 3 N–H and O–H groups in total. The minimum absolute atomic E-state index is 0.244. The Morgan fingerprint density at radius 1 is 0.984 bits per heavy atom. The molecule has 2 saturated carbocycles. The number of anilines is 3. The molecule has 9 rings (SSSR count). The summed E-state index contributed by atoms with van der Waals surface area (Å²) >= 11 is 0. The maximum atomic E-state index is 13.4. The van der Waals surface area contributed by atoms with Crippen LogP contribution in [0.2, 0.25) is 0 Å². The molecule has 2 aromatic carbocycles. The Labute approximate surface area is 359 Å². The zero-order valence-corrected chi connectivity index (χ0v) is 36.1. The quantitative estimate of drug-likeness (QED) is 0.0746. The number of rotatable bonds is 14. The van der Waals surface area contributed by atoms with Crippen LogP contribution in [-0.2, 0) is 23.3 Å². The van der Waals surface area contributed by atoms with Gasteiger partial charge in [0.1, 0.15) is 16.7 Å². The summed E-state index contributed by atoms with van der Waals surface area (Å²) in [6.07, 6.45) is 14.5. The number of fused-ring (bicyclic) bond motifs is 6. The second kappa shape index (κ2) is 17.0. The second-order valence-electron chi connectivity index (χ2n) is 18.7. The average Bonchev–Trinajstić information content (AvgIpc) is 3.74. The molecule has 5 aromatic rings. The van der Waals surface area contributed by atoms with Gasteiger partial charge in [-0.2, -0.15) is 4.98 Å². The Morgan fingerprint density at radius 3 is 2.59 bits per heavy atom. The van der Waals surface area contributed by atoms with E-state index in [4.69, 9.17) is 9.72 Å². The molecule has 4 aliphatic rings. The van der Waals surface area contributed by atoms with Crippen LogP contribution in [0.4, 0.5) is 17.3 Å². The summed E-state index contributed by atoms with van der Waals surface area (Å²) in [5.41, 5.74) is 4.71. The molecule has 0 amide bonds. The number of pyridine rings is 1. The lowest BCUT2D eigenvalue weighted by molar-refractivity contribution is -0.0647. The van der Waals surface area contributed by atoms with E-state index in [-0.39, 0.29) is 12.1 Å². The van der Waals surface area contributed by atoms with Crippen LogP contribution in [0.25, 0.3) is 16.9 Å². The lowest BCUT2D eigenvalue weighted by Gasteiger charge is -2.50. The molecule has 3 fully saturated rings. The van der Waals surface area contributed by atoms with Gasteiger partial charge in [0.05, 0.1) is 18.3 Å². The van der Waals surface area contributed by atoms with Crippen molar-refractivity contribution in [3.05, 3.63) is 107 Å². The number of aromatic hydroxyl groups is 1. The molecule has 3 aromatic heterocycles. The zero-order chi connectivity index (χ0) is 42.3. The van der Waals surface area contributed by atoms with Crippen molar-refractivity contribution in [2.45, 2.75) is 103 Å². The number of phenolic OH excluding ortho intramolecular Hbond substituents is 1. The standard InChI is InChI=1S/C49H62N8O4/c1-5-24-56-46(59)40-32-50-47(53-45(40)57(56)44-11-9-10-42(52-44)48(2,3)60)51-34-13-15-35(16-14-34)55-28-26-54(27-29-55)25-7-6-8-30-61-43-21-20-41-39-18-12-33-31-36(58)17-19-37(33)38(39)22-23-49(41,43)4/h5,9-11,13-17,19,31-32,38-39,41,43,58,60H,1,6-8,12,18,20-30H2,2-4H3,(H,50,51,53)/t38-,39-,41+,43+,49+/m1/s1. The van der Waals surface area contributed by atoms with Crippen molar-refractivity contribution in [1.29, 1.82) is 0 Å². The number of unbranched alkanes of at least 4 members (excludes halogenated alkanes) is 2. The molecule has 12 nitrogen and oxygen atoms in total. The summed E-state index contributed by atoms with van der Waals surface area (Å²) in [5, 5.41) is 24.3. The van der Waals surface area contributed by atoms with Crippen LogP contribution >= 0.6 is 0 Å².